The topological polar surface area (TPSA) is 75.4 Å². The van der Waals surface area contributed by atoms with Gasteiger partial charge in [-0.1, -0.05) is 6.07 Å². The third-order valence-electron chi connectivity index (χ3n) is 3.77. The molecule has 3 heterocycles. The van der Waals surface area contributed by atoms with Gasteiger partial charge < -0.3 is 5.73 Å². The lowest BCUT2D eigenvalue weighted by Gasteiger charge is -2.35. The van der Waals surface area contributed by atoms with E-state index >= 15 is 0 Å². The van der Waals surface area contributed by atoms with E-state index in [0.29, 0.717) is 6.54 Å². The number of amides is 3. The molecule has 3 rings (SSSR count). The molecule has 0 spiro atoms. The van der Waals surface area contributed by atoms with Crippen LogP contribution >= 0.6 is 22.7 Å². The van der Waals surface area contributed by atoms with Crippen molar-refractivity contribution in [1.29, 1.82) is 0 Å². The van der Waals surface area contributed by atoms with Crippen LogP contribution in [-0.2, 0) is 11.2 Å². The predicted molar refractivity (Wildman–Crippen MR) is 88.1 cm³/mol. The van der Waals surface area contributed by atoms with Crippen LogP contribution in [-0.4, -0.2) is 29.9 Å². The maximum absolute atomic E-state index is 11.7. The van der Waals surface area contributed by atoms with Crippen molar-refractivity contribution in [2.75, 3.05) is 13.1 Å². The summed E-state index contributed by atoms with van der Waals surface area (Å²) < 4.78 is 0. The molecule has 1 atom stereocenters. The molecule has 116 valence electrons. The summed E-state index contributed by atoms with van der Waals surface area (Å²) >= 11 is 3.53. The molecule has 0 bridgehead atoms. The molecule has 7 heteroatoms. The lowest BCUT2D eigenvalue weighted by Crippen LogP contribution is -2.40. The number of fused-ring (bicyclic) bond motifs is 1. The molecular weight excluding hydrogens is 318 g/mol. The Morgan fingerprint density at radius 2 is 2.18 bits per heavy atom. The first-order chi connectivity index (χ1) is 10.6. The van der Waals surface area contributed by atoms with Crippen LogP contribution in [0.3, 0.4) is 0 Å². The third-order valence-corrected chi connectivity index (χ3v) is 5.69. The van der Waals surface area contributed by atoms with Crippen LogP contribution in [0.25, 0.3) is 0 Å². The Labute approximate surface area is 136 Å². The van der Waals surface area contributed by atoms with Crippen molar-refractivity contribution in [2.24, 2.45) is 5.73 Å². The summed E-state index contributed by atoms with van der Waals surface area (Å²) in [5, 5.41) is 6.33. The van der Waals surface area contributed by atoms with Gasteiger partial charge in [0.05, 0.1) is 6.04 Å². The maximum atomic E-state index is 11.7. The normalized spacial score (nSPS) is 17.9. The van der Waals surface area contributed by atoms with Crippen molar-refractivity contribution in [1.82, 2.24) is 10.2 Å². The average molecular weight is 335 g/mol. The molecule has 3 amide bonds. The molecule has 2 aromatic heterocycles. The molecule has 0 saturated heterocycles. The van der Waals surface area contributed by atoms with E-state index in [4.69, 9.17) is 5.73 Å². The molecule has 22 heavy (non-hydrogen) atoms. The number of nitrogens with two attached hydrogens (primary N) is 1. The number of primary amides is 1. The minimum atomic E-state index is -0.793. The number of thiophene rings is 2. The molecule has 1 aliphatic heterocycles. The number of carbonyl (C=O) groups excluding carboxylic acids is 2. The van der Waals surface area contributed by atoms with Gasteiger partial charge in [0.25, 0.3) is 0 Å². The highest BCUT2D eigenvalue weighted by Crippen LogP contribution is 2.39. The molecule has 2 aromatic rings. The highest BCUT2D eigenvalue weighted by Gasteiger charge is 2.30. The summed E-state index contributed by atoms with van der Waals surface area (Å²) in [7, 11) is 0. The second kappa shape index (κ2) is 6.60. The predicted octanol–water partition coefficient (Wildman–Crippen LogP) is 2.34. The van der Waals surface area contributed by atoms with Gasteiger partial charge in [-0.2, -0.15) is 0 Å². The minimum absolute atomic E-state index is 0.205. The number of imide groups is 1. The number of urea groups is 1. The van der Waals surface area contributed by atoms with E-state index in [1.807, 2.05) is 0 Å². The molecule has 3 N–H and O–H groups in total. The zero-order valence-corrected chi connectivity index (χ0v) is 13.6. The lowest BCUT2D eigenvalue weighted by atomic mass is 9.98. The summed E-state index contributed by atoms with van der Waals surface area (Å²) in [4.78, 5) is 27.4. The summed E-state index contributed by atoms with van der Waals surface area (Å²) in [6.07, 6.45) is 1.27. The fraction of sp³-hybridized carbons (Fsp3) is 0.333. The number of nitrogens with one attached hydrogen (secondary N) is 1. The van der Waals surface area contributed by atoms with Crippen molar-refractivity contribution in [3.63, 3.8) is 0 Å². The second-order valence-corrected chi connectivity index (χ2v) is 7.15. The van der Waals surface area contributed by atoms with Crippen LogP contribution in [0.5, 0.6) is 0 Å². The van der Waals surface area contributed by atoms with Gasteiger partial charge in [-0.05, 0) is 34.9 Å². The number of rotatable bonds is 4. The molecule has 1 aliphatic rings. The quantitative estimate of drug-likeness (QED) is 0.900. The third kappa shape index (κ3) is 3.21. The van der Waals surface area contributed by atoms with Crippen LogP contribution in [0.4, 0.5) is 4.79 Å². The van der Waals surface area contributed by atoms with Crippen molar-refractivity contribution < 1.29 is 9.59 Å². The molecule has 0 aromatic carbocycles. The number of hydrogen-bond donors (Lipinski definition) is 2. The number of hydrogen-bond acceptors (Lipinski definition) is 5. The van der Waals surface area contributed by atoms with Gasteiger partial charge in [0.2, 0.25) is 5.91 Å². The Kier molecular flexibility index (Phi) is 4.56. The van der Waals surface area contributed by atoms with Gasteiger partial charge in [0.1, 0.15) is 0 Å². The molecule has 0 radical (unpaired) electrons. The Bertz CT molecular complexity index is 666. The Balaban J connectivity index is 1.76. The monoisotopic (exact) mass is 335 g/mol. The molecule has 0 saturated carbocycles. The zero-order valence-electron chi connectivity index (χ0n) is 12.0. The van der Waals surface area contributed by atoms with Gasteiger partial charge in [-0.3, -0.25) is 15.0 Å². The smallest absolute Gasteiger partial charge is 0.318 e. The maximum Gasteiger partial charge on any atom is 0.318 e. The van der Waals surface area contributed by atoms with Crippen molar-refractivity contribution >= 4 is 34.6 Å². The van der Waals surface area contributed by atoms with Gasteiger partial charge in [-0.25, -0.2) is 4.79 Å². The highest BCUT2D eigenvalue weighted by molar-refractivity contribution is 7.10. The molecular formula is C15H17N3O2S2. The Morgan fingerprint density at radius 1 is 1.32 bits per heavy atom. The van der Waals surface area contributed by atoms with E-state index in [1.54, 1.807) is 22.7 Å². The zero-order chi connectivity index (χ0) is 15.5. The fourth-order valence-corrected chi connectivity index (χ4v) is 4.61. The first kappa shape index (κ1) is 15.2. The molecule has 0 fully saturated rings. The van der Waals surface area contributed by atoms with E-state index < -0.39 is 6.03 Å². The van der Waals surface area contributed by atoms with Crippen LogP contribution < -0.4 is 11.1 Å². The van der Waals surface area contributed by atoms with E-state index in [0.717, 1.165) is 13.0 Å². The van der Waals surface area contributed by atoms with Crippen LogP contribution in [0.2, 0.25) is 0 Å². The van der Waals surface area contributed by atoms with Crippen LogP contribution in [0.1, 0.15) is 27.8 Å². The molecule has 5 nitrogen and oxygen atoms in total. The highest BCUT2D eigenvalue weighted by atomic mass is 32.1. The minimum Gasteiger partial charge on any atom is -0.351 e. The van der Waals surface area contributed by atoms with Gasteiger partial charge >= 0.3 is 6.03 Å². The average Bonchev–Trinajstić information content (AvgIpc) is 3.14. The Morgan fingerprint density at radius 3 is 2.91 bits per heavy atom. The van der Waals surface area contributed by atoms with Crippen LogP contribution in [0, 0.1) is 0 Å². The summed E-state index contributed by atoms with van der Waals surface area (Å²) in [5.74, 6) is -0.325. The summed E-state index contributed by atoms with van der Waals surface area (Å²) in [5.41, 5.74) is 6.32. The van der Waals surface area contributed by atoms with Gasteiger partial charge in [-0.15, -0.1) is 22.7 Å². The first-order valence-electron chi connectivity index (χ1n) is 7.08. The van der Waals surface area contributed by atoms with E-state index in [-0.39, 0.29) is 18.4 Å². The van der Waals surface area contributed by atoms with Gasteiger partial charge in [0, 0.05) is 29.3 Å². The molecule has 0 unspecified atom stereocenters. The van der Waals surface area contributed by atoms with Crippen LogP contribution in [0.15, 0.2) is 29.0 Å². The first-order valence-corrected chi connectivity index (χ1v) is 8.84. The lowest BCUT2D eigenvalue weighted by molar-refractivity contribution is -0.120. The van der Waals surface area contributed by atoms with Crippen molar-refractivity contribution in [2.45, 2.75) is 18.9 Å². The molecule has 0 aliphatic carbocycles. The van der Waals surface area contributed by atoms with E-state index in [9.17, 15) is 9.59 Å². The Hall–Kier alpha value is -1.70. The standard InChI is InChI=1S/C15H17N3O2S2/c16-15(20)17-13(19)4-7-18-6-3-11-10(5-9-22-11)14(18)12-2-1-8-21-12/h1-2,5,8-9,14H,3-4,6-7H2,(H3,16,17,19,20)/t14-/m0/s1. The SMILES string of the molecule is NC(=O)NC(=O)CCN1CCc2sccc2[C@H]1c1cccs1. The summed E-state index contributed by atoms with van der Waals surface area (Å²) in [6.45, 7) is 1.52. The second-order valence-electron chi connectivity index (χ2n) is 5.17. The van der Waals surface area contributed by atoms with E-state index in [2.05, 4.69) is 39.2 Å². The number of nitrogens with zero attached hydrogens (tertiary/aromatic N) is 1. The summed E-state index contributed by atoms with van der Waals surface area (Å²) in [6, 6.07) is 5.78. The van der Waals surface area contributed by atoms with E-state index in [1.165, 1.54) is 15.3 Å². The fourth-order valence-electron chi connectivity index (χ4n) is 2.83. The van der Waals surface area contributed by atoms with Crippen molar-refractivity contribution in [3.05, 3.63) is 44.3 Å². The largest absolute Gasteiger partial charge is 0.351 e. The van der Waals surface area contributed by atoms with Crippen molar-refractivity contribution in [3.8, 4) is 0 Å². The number of carbonyl (C=O) groups is 2. The van der Waals surface area contributed by atoms with Gasteiger partial charge in [0.15, 0.2) is 0 Å².